The zero-order valence-electron chi connectivity index (χ0n) is 14.3. The van der Waals surface area contributed by atoms with Crippen molar-refractivity contribution in [2.75, 3.05) is 13.7 Å². The quantitative estimate of drug-likeness (QED) is 0.728. The second kappa shape index (κ2) is 5.75. The first-order chi connectivity index (χ1) is 11.6. The Balaban J connectivity index is 2.02. The fraction of sp³-hybridized carbons (Fsp3) is 0.556. The zero-order chi connectivity index (χ0) is 18.6. The number of piperidine rings is 1. The van der Waals surface area contributed by atoms with Crippen molar-refractivity contribution in [3.05, 3.63) is 34.9 Å². The predicted octanol–water partition coefficient (Wildman–Crippen LogP) is 3.09. The topological polar surface area (TPSA) is 46.6 Å². The summed E-state index contributed by atoms with van der Waals surface area (Å²) in [5, 5.41) is 0. The average Bonchev–Trinajstić information content (AvgIpc) is 2.56. The number of esters is 1. The lowest BCUT2D eigenvalue weighted by molar-refractivity contribution is -0.192. The Hall–Kier alpha value is -2.05. The molecule has 7 heteroatoms. The zero-order valence-corrected chi connectivity index (χ0v) is 14.3. The maximum Gasteiger partial charge on any atom is 0.471 e. The van der Waals surface area contributed by atoms with Gasteiger partial charge in [0.15, 0.2) is 0 Å². The Bertz CT molecular complexity index is 731. The van der Waals surface area contributed by atoms with Crippen LogP contribution in [0.5, 0.6) is 0 Å². The van der Waals surface area contributed by atoms with Gasteiger partial charge in [-0.3, -0.25) is 4.79 Å². The van der Waals surface area contributed by atoms with Gasteiger partial charge in [0.25, 0.3) is 0 Å². The Morgan fingerprint density at radius 2 is 2.00 bits per heavy atom. The largest absolute Gasteiger partial charge is 0.471 e. The van der Waals surface area contributed by atoms with E-state index in [4.69, 9.17) is 4.74 Å². The van der Waals surface area contributed by atoms with Crippen LogP contribution in [0.15, 0.2) is 18.2 Å². The Labute approximate surface area is 143 Å². The minimum atomic E-state index is -4.86. The predicted molar refractivity (Wildman–Crippen MR) is 84.2 cm³/mol. The van der Waals surface area contributed by atoms with Crippen LogP contribution in [0.2, 0.25) is 0 Å². The van der Waals surface area contributed by atoms with Gasteiger partial charge in [0.05, 0.1) is 12.7 Å². The summed E-state index contributed by atoms with van der Waals surface area (Å²) in [4.78, 5) is 24.6. The molecule has 1 aliphatic carbocycles. The van der Waals surface area contributed by atoms with Crippen LogP contribution in [0.3, 0.4) is 0 Å². The highest BCUT2D eigenvalue weighted by Crippen LogP contribution is 2.49. The van der Waals surface area contributed by atoms with E-state index in [0.717, 1.165) is 16.0 Å². The van der Waals surface area contributed by atoms with Crippen molar-refractivity contribution >= 4 is 11.9 Å². The molecule has 136 valence electrons. The summed E-state index contributed by atoms with van der Waals surface area (Å²) in [5.41, 5.74) is 1.91. The number of hydrogen-bond donors (Lipinski definition) is 0. The molecule has 0 saturated carbocycles. The third-order valence-electron chi connectivity index (χ3n) is 5.93. The fourth-order valence-electron chi connectivity index (χ4n) is 4.28. The van der Waals surface area contributed by atoms with Crippen LogP contribution in [0.1, 0.15) is 41.8 Å². The monoisotopic (exact) mass is 355 g/mol. The number of halogens is 3. The van der Waals surface area contributed by atoms with Crippen molar-refractivity contribution in [1.82, 2.24) is 4.90 Å². The van der Waals surface area contributed by atoms with E-state index in [-0.39, 0.29) is 17.9 Å². The molecule has 1 saturated heterocycles. The van der Waals surface area contributed by atoms with Gasteiger partial charge >= 0.3 is 18.1 Å². The number of likely N-dealkylation sites (tertiary alicyclic amines) is 1. The number of alkyl halides is 3. The first-order valence-corrected chi connectivity index (χ1v) is 8.19. The van der Waals surface area contributed by atoms with E-state index in [9.17, 15) is 22.8 Å². The molecule has 1 aromatic rings. The van der Waals surface area contributed by atoms with Crippen molar-refractivity contribution in [1.29, 1.82) is 0 Å². The first-order valence-electron chi connectivity index (χ1n) is 8.19. The van der Waals surface area contributed by atoms with Crippen LogP contribution in [0, 0.1) is 5.92 Å². The molecule has 1 amide bonds. The number of fused-ring (bicyclic) bond motifs is 4. The van der Waals surface area contributed by atoms with E-state index in [1.165, 1.54) is 7.11 Å². The summed E-state index contributed by atoms with van der Waals surface area (Å²) in [5.74, 6) is -2.35. The van der Waals surface area contributed by atoms with Gasteiger partial charge in [-0.05, 0) is 47.4 Å². The van der Waals surface area contributed by atoms with Gasteiger partial charge in [0, 0.05) is 12.6 Å². The number of carbonyl (C=O) groups excluding carboxylic acids is 2. The molecule has 0 N–H and O–H groups in total. The van der Waals surface area contributed by atoms with E-state index in [1.54, 1.807) is 18.2 Å². The van der Waals surface area contributed by atoms with Gasteiger partial charge in [-0.2, -0.15) is 13.2 Å². The molecule has 1 fully saturated rings. The van der Waals surface area contributed by atoms with Crippen LogP contribution in [-0.2, 0) is 21.4 Å². The molecule has 2 aliphatic rings. The normalized spacial score (nSPS) is 28.3. The average molecular weight is 355 g/mol. The van der Waals surface area contributed by atoms with Crippen LogP contribution in [0.4, 0.5) is 13.2 Å². The van der Waals surface area contributed by atoms with Gasteiger partial charge in [0.1, 0.15) is 0 Å². The van der Waals surface area contributed by atoms with E-state index in [2.05, 4.69) is 0 Å². The highest BCUT2D eigenvalue weighted by Gasteiger charge is 2.54. The van der Waals surface area contributed by atoms with Crippen molar-refractivity contribution in [3.63, 3.8) is 0 Å². The molecule has 4 nitrogen and oxygen atoms in total. The third kappa shape index (κ3) is 2.69. The second-order valence-electron chi connectivity index (χ2n) is 7.09. The number of amides is 1. The number of benzene rings is 1. The summed E-state index contributed by atoms with van der Waals surface area (Å²) < 4.78 is 43.5. The maximum absolute atomic E-state index is 12.9. The molecular weight excluding hydrogens is 335 g/mol. The lowest BCUT2D eigenvalue weighted by Gasteiger charge is -2.54. The molecule has 3 rings (SSSR count). The number of ether oxygens (including phenoxy) is 1. The van der Waals surface area contributed by atoms with Gasteiger partial charge in [-0.25, -0.2) is 4.79 Å². The Kier molecular flexibility index (Phi) is 4.08. The lowest BCUT2D eigenvalue weighted by Crippen LogP contribution is -2.61. The van der Waals surface area contributed by atoms with E-state index in [1.807, 2.05) is 13.8 Å². The standard InChI is InChI=1S/C18H20F3NO3/c1-10-14-9-11-4-5-12(15(23)25-3)8-13(11)17(10,2)6-7-22(14)16(24)18(19,20)21/h4-5,8,10,14H,6-7,9H2,1-3H3/t10?,14-,17-/m1/s1. The summed E-state index contributed by atoms with van der Waals surface area (Å²) in [7, 11) is 1.31. The molecule has 1 heterocycles. The number of rotatable bonds is 1. The molecular formula is C18H20F3NO3. The molecule has 0 radical (unpaired) electrons. The number of nitrogens with zero attached hydrogens (tertiary/aromatic N) is 1. The first kappa shape index (κ1) is 17.8. The van der Waals surface area contributed by atoms with E-state index in [0.29, 0.717) is 18.4 Å². The van der Waals surface area contributed by atoms with E-state index < -0.39 is 24.1 Å². The number of carbonyl (C=O) groups is 2. The minimum Gasteiger partial charge on any atom is -0.465 e. The van der Waals surface area contributed by atoms with Crippen LogP contribution in [-0.4, -0.2) is 42.6 Å². The highest BCUT2D eigenvalue weighted by atomic mass is 19.4. The fourth-order valence-corrected chi connectivity index (χ4v) is 4.28. The number of methoxy groups -OCH3 is 1. The molecule has 0 spiro atoms. The summed E-state index contributed by atoms with van der Waals surface area (Å²) in [6.07, 6.45) is -4.08. The van der Waals surface area contributed by atoms with Crippen LogP contribution >= 0.6 is 0 Å². The lowest BCUT2D eigenvalue weighted by atomic mass is 9.59. The SMILES string of the molecule is COC(=O)c1ccc2c(c1)[C@]1(C)CCN(C(=O)C(F)(F)F)[C@H](C2)C1C. The van der Waals surface area contributed by atoms with Crippen molar-refractivity contribution in [3.8, 4) is 0 Å². The summed E-state index contributed by atoms with van der Waals surface area (Å²) in [6, 6.07) is 4.68. The van der Waals surface area contributed by atoms with Gasteiger partial charge < -0.3 is 9.64 Å². The molecule has 2 bridgehead atoms. The number of hydrogen-bond acceptors (Lipinski definition) is 3. The van der Waals surface area contributed by atoms with E-state index >= 15 is 0 Å². The van der Waals surface area contributed by atoms with Gasteiger partial charge in [-0.1, -0.05) is 19.9 Å². The molecule has 0 aromatic heterocycles. The summed E-state index contributed by atoms with van der Waals surface area (Å²) >= 11 is 0. The molecule has 1 unspecified atom stereocenters. The second-order valence-corrected chi connectivity index (χ2v) is 7.09. The van der Waals surface area contributed by atoms with Crippen LogP contribution < -0.4 is 0 Å². The van der Waals surface area contributed by atoms with Crippen molar-refractivity contribution in [2.45, 2.75) is 44.3 Å². The summed E-state index contributed by atoms with van der Waals surface area (Å²) in [6.45, 7) is 3.94. The minimum absolute atomic E-state index is 0.0613. The molecule has 1 aromatic carbocycles. The molecule has 25 heavy (non-hydrogen) atoms. The molecule has 1 aliphatic heterocycles. The highest BCUT2D eigenvalue weighted by molar-refractivity contribution is 5.89. The maximum atomic E-state index is 12.9. The molecule has 3 atom stereocenters. The van der Waals surface area contributed by atoms with Crippen LogP contribution in [0.25, 0.3) is 0 Å². The van der Waals surface area contributed by atoms with Crippen molar-refractivity contribution < 1.29 is 27.5 Å². The third-order valence-corrected chi connectivity index (χ3v) is 5.93. The Morgan fingerprint density at radius 3 is 2.60 bits per heavy atom. The smallest absolute Gasteiger partial charge is 0.465 e. The Morgan fingerprint density at radius 1 is 1.32 bits per heavy atom. The van der Waals surface area contributed by atoms with Gasteiger partial charge in [-0.15, -0.1) is 0 Å². The van der Waals surface area contributed by atoms with Crippen molar-refractivity contribution in [2.24, 2.45) is 5.92 Å². The van der Waals surface area contributed by atoms with Gasteiger partial charge in [0.2, 0.25) is 0 Å².